The number of hydrogen-bond donors (Lipinski definition) is 1. The number of hydrogen-bond acceptors (Lipinski definition) is 2. The van der Waals surface area contributed by atoms with Crippen LogP contribution in [0, 0.1) is 0 Å². The van der Waals surface area contributed by atoms with Crippen molar-refractivity contribution >= 4 is 35.4 Å². The summed E-state index contributed by atoms with van der Waals surface area (Å²) in [5.41, 5.74) is 1.27. The molecule has 0 saturated heterocycles. The van der Waals surface area contributed by atoms with Gasteiger partial charge in [0.2, 0.25) is 0 Å². The van der Waals surface area contributed by atoms with Gasteiger partial charge in [-0.05, 0) is 29.5 Å². The van der Waals surface area contributed by atoms with E-state index in [1.807, 2.05) is 19.1 Å². The van der Waals surface area contributed by atoms with Crippen LogP contribution in [0.4, 0.5) is 0 Å². The summed E-state index contributed by atoms with van der Waals surface area (Å²) in [6, 6.07) is 7.11. The van der Waals surface area contributed by atoms with Crippen LogP contribution in [0.3, 0.4) is 0 Å². The van der Waals surface area contributed by atoms with Crippen molar-refractivity contribution in [3.63, 3.8) is 0 Å². The normalized spacial score (nSPS) is 11.5. The van der Waals surface area contributed by atoms with E-state index in [0.29, 0.717) is 16.3 Å². The maximum atomic E-state index is 11.0. The van der Waals surface area contributed by atoms with Crippen LogP contribution >= 0.6 is 23.4 Å². The first-order chi connectivity index (χ1) is 7.63. The van der Waals surface area contributed by atoms with Crippen LogP contribution in [0.1, 0.15) is 12.5 Å². The molecular weight excluding hydrogens is 244 g/mol. The van der Waals surface area contributed by atoms with Crippen LogP contribution in [0.15, 0.2) is 29.8 Å². The summed E-state index contributed by atoms with van der Waals surface area (Å²) >= 11 is 7.34. The zero-order valence-electron chi connectivity index (χ0n) is 8.94. The first-order valence-corrected chi connectivity index (χ1v) is 6.44. The summed E-state index contributed by atoms with van der Waals surface area (Å²) in [7, 11) is 0. The van der Waals surface area contributed by atoms with E-state index in [2.05, 4.69) is 0 Å². The fourth-order valence-electron chi connectivity index (χ4n) is 1.14. The molecule has 0 aliphatic carbocycles. The maximum absolute atomic E-state index is 11.0. The van der Waals surface area contributed by atoms with Crippen molar-refractivity contribution in [3.8, 4) is 0 Å². The van der Waals surface area contributed by atoms with Gasteiger partial charge >= 0.3 is 5.97 Å². The Morgan fingerprint density at radius 2 is 2.06 bits per heavy atom. The van der Waals surface area contributed by atoms with E-state index in [0.717, 1.165) is 11.3 Å². The van der Waals surface area contributed by atoms with Crippen LogP contribution in [0.2, 0.25) is 5.02 Å². The molecule has 1 aromatic rings. The van der Waals surface area contributed by atoms with E-state index in [9.17, 15) is 4.79 Å². The Morgan fingerprint density at radius 3 is 2.56 bits per heavy atom. The minimum Gasteiger partial charge on any atom is -0.478 e. The average molecular weight is 257 g/mol. The zero-order chi connectivity index (χ0) is 12.0. The standard InChI is InChI=1S/C12H13ClO2S/c1-2-16-8-10(12(14)15)7-9-3-5-11(13)6-4-9/h3-7H,2,8H2,1H3,(H,14,15)/b10-7+. The molecule has 0 aliphatic rings. The van der Waals surface area contributed by atoms with Gasteiger partial charge in [-0.3, -0.25) is 0 Å². The summed E-state index contributed by atoms with van der Waals surface area (Å²) < 4.78 is 0. The van der Waals surface area contributed by atoms with Crippen LogP contribution in [-0.2, 0) is 4.79 Å². The monoisotopic (exact) mass is 256 g/mol. The Bertz CT molecular complexity index is 385. The third-order valence-corrected chi connectivity index (χ3v) is 3.12. The van der Waals surface area contributed by atoms with Crippen LogP contribution in [0.5, 0.6) is 0 Å². The van der Waals surface area contributed by atoms with Crippen molar-refractivity contribution < 1.29 is 9.90 Å². The lowest BCUT2D eigenvalue weighted by molar-refractivity contribution is -0.132. The van der Waals surface area contributed by atoms with Crippen molar-refractivity contribution in [3.05, 3.63) is 40.4 Å². The lowest BCUT2D eigenvalue weighted by atomic mass is 10.1. The quantitative estimate of drug-likeness (QED) is 0.819. The first-order valence-electron chi connectivity index (χ1n) is 4.90. The Hall–Kier alpha value is -0.930. The molecule has 0 aliphatic heterocycles. The molecule has 1 aromatic carbocycles. The second-order valence-electron chi connectivity index (χ2n) is 3.16. The Balaban J connectivity index is 2.84. The van der Waals surface area contributed by atoms with Gasteiger partial charge in [0.05, 0.1) is 0 Å². The molecule has 0 saturated carbocycles. The van der Waals surface area contributed by atoms with Gasteiger partial charge in [-0.2, -0.15) is 11.8 Å². The van der Waals surface area contributed by atoms with Crippen molar-refractivity contribution in [1.82, 2.24) is 0 Å². The topological polar surface area (TPSA) is 37.3 Å². The Kier molecular flexibility index (Phi) is 5.43. The summed E-state index contributed by atoms with van der Waals surface area (Å²) in [5, 5.41) is 9.66. The molecule has 1 N–H and O–H groups in total. The van der Waals surface area contributed by atoms with Crippen molar-refractivity contribution in [2.45, 2.75) is 6.92 Å². The number of carboxylic acid groups (broad SMARTS) is 1. The number of rotatable bonds is 5. The van der Waals surface area contributed by atoms with Gasteiger partial charge in [0, 0.05) is 16.3 Å². The van der Waals surface area contributed by atoms with E-state index in [-0.39, 0.29) is 0 Å². The predicted octanol–water partition coefficient (Wildman–Crippen LogP) is 3.56. The predicted molar refractivity (Wildman–Crippen MR) is 70.1 cm³/mol. The highest BCUT2D eigenvalue weighted by Gasteiger charge is 2.06. The zero-order valence-corrected chi connectivity index (χ0v) is 10.5. The molecule has 0 amide bonds. The third kappa shape index (κ3) is 4.29. The summed E-state index contributed by atoms with van der Waals surface area (Å²) in [6.07, 6.45) is 1.68. The summed E-state index contributed by atoms with van der Waals surface area (Å²) in [4.78, 5) is 11.0. The molecule has 0 radical (unpaired) electrons. The average Bonchev–Trinajstić information content (AvgIpc) is 2.26. The SMILES string of the molecule is CCSC/C(=C\c1ccc(Cl)cc1)C(=O)O. The van der Waals surface area contributed by atoms with Gasteiger partial charge in [-0.25, -0.2) is 4.79 Å². The highest BCUT2D eigenvalue weighted by Crippen LogP contribution is 2.15. The largest absolute Gasteiger partial charge is 0.478 e. The lowest BCUT2D eigenvalue weighted by Crippen LogP contribution is -2.03. The summed E-state index contributed by atoms with van der Waals surface area (Å²) in [6.45, 7) is 2.01. The lowest BCUT2D eigenvalue weighted by Gasteiger charge is -2.01. The number of aliphatic carboxylic acids is 1. The molecule has 16 heavy (non-hydrogen) atoms. The molecule has 0 fully saturated rings. The van der Waals surface area contributed by atoms with Gasteiger partial charge in [0.25, 0.3) is 0 Å². The highest BCUT2D eigenvalue weighted by atomic mass is 35.5. The van der Waals surface area contributed by atoms with Crippen molar-refractivity contribution in [2.24, 2.45) is 0 Å². The second-order valence-corrected chi connectivity index (χ2v) is 4.87. The van der Waals surface area contributed by atoms with E-state index in [1.165, 1.54) is 0 Å². The Morgan fingerprint density at radius 1 is 1.44 bits per heavy atom. The maximum Gasteiger partial charge on any atom is 0.332 e. The van der Waals surface area contributed by atoms with Crippen LogP contribution in [-0.4, -0.2) is 22.6 Å². The number of carbonyl (C=O) groups is 1. The molecular formula is C12H13ClO2S. The van der Waals surface area contributed by atoms with Crippen molar-refractivity contribution in [1.29, 1.82) is 0 Å². The number of thioether (sulfide) groups is 1. The summed E-state index contributed by atoms with van der Waals surface area (Å²) in [5.74, 6) is 0.565. The molecule has 0 bridgehead atoms. The van der Waals surface area contributed by atoms with E-state index in [4.69, 9.17) is 16.7 Å². The Labute approximate surface area is 104 Å². The first kappa shape index (κ1) is 13.1. The van der Waals surface area contributed by atoms with Crippen molar-refractivity contribution in [2.75, 3.05) is 11.5 Å². The molecule has 0 spiro atoms. The minimum absolute atomic E-state index is 0.411. The van der Waals surface area contributed by atoms with Gasteiger partial charge in [0.1, 0.15) is 0 Å². The van der Waals surface area contributed by atoms with E-state index in [1.54, 1.807) is 30.0 Å². The molecule has 0 aromatic heterocycles. The number of benzene rings is 1. The van der Waals surface area contributed by atoms with Gasteiger partial charge in [-0.15, -0.1) is 0 Å². The van der Waals surface area contributed by atoms with E-state index < -0.39 is 5.97 Å². The second kappa shape index (κ2) is 6.61. The fraction of sp³-hybridized carbons (Fsp3) is 0.250. The fourth-order valence-corrected chi connectivity index (χ4v) is 1.89. The van der Waals surface area contributed by atoms with Gasteiger partial charge in [0.15, 0.2) is 0 Å². The minimum atomic E-state index is -0.865. The van der Waals surface area contributed by atoms with E-state index >= 15 is 0 Å². The molecule has 1 rings (SSSR count). The molecule has 0 atom stereocenters. The van der Waals surface area contributed by atoms with Crippen LogP contribution in [0.25, 0.3) is 6.08 Å². The number of carboxylic acids is 1. The molecule has 0 unspecified atom stereocenters. The molecule has 2 nitrogen and oxygen atoms in total. The molecule has 0 heterocycles. The third-order valence-electron chi connectivity index (χ3n) is 1.95. The van der Waals surface area contributed by atoms with Gasteiger partial charge in [-0.1, -0.05) is 30.7 Å². The highest BCUT2D eigenvalue weighted by molar-refractivity contribution is 7.99. The van der Waals surface area contributed by atoms with Crippen LogP contribution < -0.4 is 0 Å². The molecule has 86 valence electrons. The smallest absolute Gasteiger partial charge is 0.332 e. The number of halogens is 1. The molecule has 4 heteroatoms. The van der Waals surface area contributed by atoms with Gasteiger partial charge < -0.3 is 5.11 Å².